The number of rotatable bonds is 8. The molecule has 0 aromatic heterocycles. The second kappa shape index (κ2) is 7.63. The second-order valence-corrected chi connectivity index (χ2v) is 4.73. The second-order valence-electron chi connectivity index (χ2n) is 4.73. The molecule has 0 aliphatic rings. The SMILES string of the molecule is CCC(C)(C)C(=O)NCCCC(=O)/C=C\C(=O)O. The van der Waals surface area contributed by atoms with Crippen molar-refractivity contribution in [1.29, 1.82) is 0 Å². The summed E-state index contributed by atoms with van der Waals surface area (Å²) in [5.74, 6) is -1.42. The maximum Gasteiger partial charge on any atom is 0.328 e. The van der Waals surface area contributed by atoms with Gasteiger partial charge in [-0.05, 0) is 18.9 Å². The Morgan fingerprint density at radius 3 is 2.33 bits per heavy atom. The van der Waals surface area contributed by atoms with Crippen LogP contribution >= 0.6 is 0 Å². The lowest BCUT2D eigenvalue weighted by Gasteiger charge is -2.21. The zero-order chi connectivity index (χ0) is 14.2. The Morgan fingerprint density at radius 1 is 1.22 bits per heavy atom. The van der Waals surface area contributed by atoms with Crippen LogP contribution in [0, 0.1) is 5.41 Å². The standard InChI is InChI=1S/C13H21NO4/c1-4-13(2,3)12(18)14-9-5-6-10(15)7-8-11(16)17/h7-8H,4-6,9H2,1-3H3,(H,14,18)(H,16,17)/b8-7-. The van der Waals surface area contributed by atoms with Crippen molar-refractivity contribution in [2.75, 3.05) is 6.54 Å². The molecule has 5 nitrogen and oxygen atoms in total. The maximum atomic E-state index is 11.7. The highest BCUT2D eigenvalue weighted by atomic mass is 16.4. The minimum atomic E-state index is -1.14. The summed E-state index contributed by atoms with van der Waals surface area (Å²) in [4.78, 5) is 33.0. The van der Waals surface area contributed by atoms with Gasteiger partial charge in [0.2, 0.25) is 5.91 Å². The Labute approximate surface area is 107 Å². The van der Waals surface area contributed by atoms with Crippen molar-refractivity contribution >= 4 is 17.7 Å². The fourth-order valence-corrected chi connectivity index (χ4v) is 1.11. The first kappa shape index (κ1) is 16.4. The molecule has 0 aliphatic heterocycles. The molecule has 0 fully saturated rings. The zero-order valence-corrected chi connectivity index (χ0v) is 11.2. The number of carboxylic acid groups (broad SMARTS) is 1. The lowest BCUT2D eigenvalue weighted by Crippen LogP contribution is -2.37. The number of allylic oxidation sites excluding steroid dienone is 1. The van der Waals surface area contributed by atoms with Crippen LogP contribution in [0.3, 0.4) is 0 Å². The van der Waals surface area contributed by atoms with Gasteiger partial charge in [0, 0.05) is 24.5 Å². The average Bonchev–Trinajstić information content (AvgIpc) is 2.31. The van der Waals surface area contributed by atoms with E-state index in [1.54, 1.807) is 0 Å². The number of aliphatic carboxylic acids is 1. The topological polar surface area (TPSA) is 83.5 Å². The molecule has 0 saturated carbocycles. The molecule has 0 aliphatic carbocycles. The lowest BCUT2D eigenvalue weighted by molar-refractivity contribution is -0.131. The Kier molecular flexibility index (Phi) is 6.93. The van der Waals surface area contributed by atoms with Crippen molar-refractivity contribution in [1.82, 2.24) is 5.32 Å². The van der Waals surface area contributed by atoms with E-state index in [-0.39, 0.29) is 18.1 Å². The Hall–Kier alpha value is -1.65. The minimum absolute atomic E-state index is 0.0291. The summed E-state index contributed by atoms with van der Waals surface area (Å²) in [5.41, 5.74) is -0.396. The van der Waals surface area contributed by atoms with Crippen LogP contribution in [0.25, 0.3) is 0 Å². The van der Waals surface area contributed by atoms with Crippen LogP contribution in [0.4, 0.5) is 0 Å². The van der Waals surface area contributed by atoms with Crippen LogP contribution in [0.15, 0.2) is 12.2 Å². The van der Waals surface area contributed by atoms with Crippen LogP contribution in [0.1, 0.15) is 40.0 Å². The van der Waals surface area contributed by atoms with Gasteiger partial charge in [0.05, 0.1) is 0 Å². The van der Waals surface area contributed by atoms with Crippen molar-refractivity contribution in [3.8, 4) is 0 Å². The highest BCUT2D eigenvalue weighted by Crippen LogP contribution is 2.19. The monoisotopic (exact) mass is 255 g/mol. The van der Waals surface area contributed by atoms with E-state index in [1.165, 1.54) is 0 Å². The highest BCUT2D eigenvalue weighted by Gasteiger charge is 2.24. The van der Waals surface area contributed by atoms with Crippen molar-refractivity contribution in [2.45, 2.75) is 40.0 Å². The first-order valence-corrected chi connectivity index (χ1v) is 6.01. The number of carboxylic acids is 1. The van der Waals surface area contributed by atoms with Crippen LogP contribution < -0.4 is 5.32 Å². The molecule has 102 valence electrons. The van der Waals surface area contributed by atoms with E-state index in [0.717, 1.165) is 18.6 Å². The van der Waals surface area contributed by atoms with Gasteiger partial charge in [-0.3, -0.25) is 9.59 Å². The molecule has 2 N–H and O–H groups in total. The molecule has 0 bridgehead atoms. The molecule has 0 aromatic rings. The van der Waals surface area contributed by atoms with Crippen LogP contribution in [-0.4, -0.2) is 29.3 Å². The van der Waals surface area contributed by atoms with Gasteiger partial charge in [0.1, 0.15) is 0 Å². The number of carbonyl (C=O) groups is 3. The summed E-state index contributed by atoms with van der Waals surface area (Å²) < 4.78 is 0. The number of ketones is 1. The lowest BCUT2D eigenvalue weighted by atomic mass is 9.89. The quantitative estimate of drug-likeness (QED) is 0.509. The summed E-state index contributed by atoms with van der Waals surface area (Å²) in [6.45, 7) is 6.10. The van der Waals surface area contributed by atoms with Crippen LogP contribution in [0.5, 0.6) is 0 Å². The molecule has 0 unspecified atom stereocenters. The fourth-order valence-electron chi connectivity index (χ4n) is 1.11. The predicted octanol–water partition coefficient (Wildman–Crippen LogP) is 1.53. The van der Waals surface area contributed by atoms with Gasteiger partial charge in [0.25, 0.3) is 0 Å². The van der Waals surface area contributed by atoms with Crippen molar-refractivity contribution < 1.29 is 19.5 Å². The van der Waals surface area contributed by atoms with E-state index in [0.29, 0.717) is 13.0 Å². The van der Waals surface area contributed by atoms with E-state index in [9.17, 15) is 14.4 Å². The van der Waals surface area contributed by atoms with Crippen molar-refractivity contribution in [3.63, 3.8) is 0 Å². The molecule has 0 saturated heterocycles. The molecule has 0 heterocycles. The van der Waals surface area contributed by atoms with E-state index >= 15 is 0 Å². The first-order valence-electron chi connectivity index (χ1n) is 6.01. The Balaban J connectivity index is 3.84. The first-order chi connectivity index (χ1) is 8.29. The van der Waals surface area contributed by atoms with Gasteiger partial charge in [0.15, 0.2) is 5.78 Å². The van der Waals surface area contributed by atoms with E-state index in [4.69, 9.17) is 5.11 Å². The largest absolute Gasteiger partial charge is 0.478 e. The third-order valence-electron chi connectivity index (χ3n) is 2.80. The summed E-state index contributed by atoms with van der Waals surface area (Å²) in [6, 6.07) is 0. The number of hydrogen-bond donors (Lipinski definition) is 2. The molecule has 0 spiro atoms. The minimum Gasteiger partial charge on any atom is -0.478 e. The number of nitrogens with one attached hydrogen (secondary N) is 1. The van der Waals surface area contributed by atoms with E-state index < -0.39 is 11.4 Å². The Bertz CT molecular complexity index is 345. The number of amides is 1. The molecule has 0 aromatic carbocycles. The number of hydrogen-bond acceptors (Lipinski definition) is 3. The average molecular weight is 255 g/mol. The van der Waals surface area contributed by atoms with Gasteiger partial charge in [-0.1, -0.05) is 20.8 Å². The smallest absolute Gasteiger partial charge is 0.328 e. The zero-order valence-electron chi connectivity index (χ0n) is 11.2. The molecule has 0 radical (unpaired) electrons. The molecule has 0 rings (SSSR count). The van der Waals surface area contributed by atoms with E-state index in [2.05, 4.69) is 5.32 Å². The molecule has 1 amide bonds. The van der Waals surface area contributed by atoms with Crippen molar-refractivity contribution in [3.05, 3.63) is 12.2 Å². The molecule has 5 heteroatoms. The molecular weight excluding hydrogens is 234 g/mol. The van der Waals surface area contributed by atoms with Crippen molar-refractivity contribution in [2.24, 2.45) is 5.41 Å². The normalized spacial score (nSPS) is 11.5. The molecule has 0 atom stereocenters. The highest BCUT2D eigenvalue weighted by molar-refractivity contribution is 5.95. The third-order valence-corrected chi connectivity index (χ3v) is 2.80. The third kappa shape index (κ3) is 6.83. The van der Waals surface area contributed by atoms with Gasteiger partial charge >= 0.3 is 5.97 Å². The van der Waals surface area contributed by atoms with E-state index in [1.807, 2.05) is 20.8 Å². The fraction of sp³-hybridized carbons (Fsp3) is 0.615. The maximum absolute atomic E-state index is 11.7. The summed E-state index contributed by atoms with van der Waals surface area (Å²) in [6.07, 6.45) is 3.35. The molecule has 18 heavy (non-hydrogen) atoms. The predicted molar refractivity (Wildman–Crippen MR) is 68.1 cm³/mol. The summed E-state index contributed by atoms with van der Waals surface area (Å²) in [7, 11) is 0. The number of carbonyl (C=O) groups excluding carboxylic acids is 2. The van der Waals surface area contributed by atoms with Crippen LogP contribution in [-0.2, 0) is 14.4 Å². The summed E-state index contributed by atoms with van der Waals surface area (Å²) >= 11 is 0. The van der Waals surface area contributed by atoms with Crippen LogP contribution in [0.2, 0.25) is 0 Å². The van der Waals surface area contributed by atoms with Gasteiger partial charge in [-0.25, -0.2) is 4.79 Å². The van der Waals surface area contributed by atoms with Gasteiger partial charge < -0.3 is 10.4 Å². The Morgan fingerprint density at radius 2 is 1.83 bits per heavy atom. The van der Waals surface area contributed by atoms with Gasteiger partial charge in [-0.2, -0.15) is 0 Å². The van der Waals surface area contributed by atoms with Gasteiger partial charge in [-0.15, -0.1) is 0 Å². The summed E-state index contributed by atoms with van der Waals surface area (Å²) in [5, 5.41) is 11.1. The molecular formula is C13H21NO4.